The van der Waals surface area contributed by atoms with Gasteiger partial charge in [-0.3, -0.25) is 0 Å². The monoisotopic (exact) mass is 212 g/mol. The van der Waals surface area contributed by atoms with Gasteiger partial charge in [-0.05, 0) is 42.3 Å². The third-order valence-electron chi connectivity index (χ3n) is 1.46. The van der Waals surface area contributed by atoms with E-state index in [-0.39, 0.29) is 0 Å². The number of aliphatic carboxylic acids is 1. The molecule has 0 aliphatic rings. The summed E-state index contributed by atoms with van der Waals surface area (Å²) < 4.78 is 5.04. The first-order valence-electron chi connectivity index (χ1n) is 3.92. The normalized spacial score (nSPS) is 12.3. The number of hydrogen-bond acceptors (Lipinski definition) is 2. The third-order valence-corrected chi connectivity index (χ3v) is 1.66. The van der Waals surface area contributed by atoms with Gasteiger partial charge in [0.05, 0.1) is 0 Å². The summed E-state index contributed by atoms with van der Waals surface area (Å²) in [5.74, 6) is -0.377. The largest absolute Gasteiger partial charge is 0.478 e. The van der Waals surface area contributed by atoms with Crippen molar-refractivity contribution in [1.29, 1.82) is 0 Å². The summed E-state index contributed by atoms with van der Waals surface area (Å²) in [4.78, 5) is 10.3. The Kier molecular flexibility index (Phi) is 3.54. The van der Waals surface area contributed by atoms with Crippen molar-refractivity contribution in [2.45, 2.75) is 6.92 Å². The topological polar surface area (TPSA) is 50.4 Å². The molecule has 0 saturated heterocycles. The van der Waals surface area contributed by atoms with Gasteiger partial charge in [-0.2, -0.15) is 0 Å². The molecule has 0 atom stereocenters. The molecule has 1 rings (SSSR count). The Bertz CT molecular complexity index is 388. The lowest BCUT2D eigenvalue weighted by Gasteiger charge is -1.88. The quantitative estimate of drug-likeness (QED) is 0.619. The second-order valence-electron chi connectivity index (χ2n) is 2.70. The third kappa shape index (κ3) is 3.49. The van der Waals surface area contributed by atoms with Crippen LogP contribution >= 0.6 is 11.6 Å². The van der Waals surface area contributed by atoms with Gasteiger partial charge in [0, 0.05) is 6.08 Å². The maximum absolute atomic E-state index is 10.3. The highest BCUT2D eigenvalue weighted by Crippen LogP contribution is 2.14. The zero-order chi connectivity index (χ0) is 10.6. The zero-order valence-corrected chi connectivity index (χ0v) is 8.28. The Morgan fingerprint density at radius 1 is 1.57 bits per heavy atom. The van der Waals surface area contributed by atoms with E-state index < -0.39 is 5.97 Å². The first kappa shape index (κ1) is 10.6. The molecule has 14 heavy (non-hydrogen) atoms. The van der Waals surface area contributed by atoms with Crippen molar-refractivity contribution < 1.29 is 14.3 Å². The number of allylic oxidation sites excluding steroid dienone is 2. The highest BCUT2D eigenvalue weighted by atomic mass is 35.5. The summed E-state index contributed by atoms with van der Waals surface area (Å²) >= 11 is 5.55. The lowest BCUT2D eigenvalue weighted by atomic mass is 10.2. The van der Waals surface area contributed by atoms with Crippen LogP contribution in [0.25, 0.3) is 6.08 Å². The smallest absolute Gasteiger partial charge is 0.328 e. The average Bonchev–Trinajstić information content (AvgIpc) is 2.47. The SMILES string of the molecule is CC(=CC(=O)O)/C=C/c1ccc(Cl)o1. The number of carboxylic acids is 1. The Morgan fingerprint density at radius 2 is 2.29 bits per heavy atom. The molecule has 0 saturated carbocycles. The van der Waals surface area contributed by atoms with Gasteiger partial charge >= 0.3 is 5.97 Å². The van der Waals surface area contributed by atoms with Crippen LogP contribution in [-0.2, 0) is 4.79 Å². The minimum atomic E-state index is -0.968. The van der Waals surface area contributed by atoms with Crippen molar-refractivity contribution in [2.24, 2.45) is 0 Å². The Labute approximate surface area is 86.3 Å². The summed E-state index contributed by atoms with van der Waals surface area (Å²) in [5.41, 5.74) is 0.630. The van der Waals surface area contributed by atoms with E-state index in [9.17, 15) is 4.79 Å². The Morgan fingerprint density at radius 3 is 2.79 bits per heavy atom. The maximum Gasteiger partial charge on any atom is 0.328 e. The molecule has 0 aliphatic carbocycles. The number of carbonyl (C=O) groups is 1. The first-order chi connectivity index (χ1) is 6.58. The van der Waals surface area contributed by atoms with Crippen LogP contribution in [0.4, 0.5) is 0 Å². The second kappa shape index (κ2) is 4.67. The summed E-state index contributed by atoms with van der Waals surface area (Å²) in [6, 6.07) is 3.32. The summed E-state index contributed by atoms with van der Waals surface area (Å²) in [5, 5.41) is 8.74. The van der Waals surface area contributed by atoms with E-state index in [1.54, 1.807) is 31.2 Å². The van der Waals surface area contributed by atoms with Crippen LogP contribution in [0, 0.1) is 0 Å². The predicted molar refractivity (Wildman–Crippen MR) is 54.1 cm³/mol. The highest BCUT2D eigenvalue weighted by molar-refractivity contribution is 6.28. The lowest BCUT2D eigenvalue weighted by Crippen LogP contribution is -1.87. The number of hydrogen-bond donors (Lipinski definition) is 1. The molecule has 0 fully saturated rings. The Hall–Kier alpha value is -1.48. The number of halogens is 1. The van der Waals surface area contributed by atoms with Crippen molar-refractivity contribution in [2.75, 3.05) is 0 Å². The zero-order valence-electron chi connectivity index (χ0n) is 7.53. The predicted octanol–water partition coefficient (Wildman–Crippen LogP) is 2.98. The van der Waals surface area contributed by atoms with Crippen LogP contribution in [0.3, 0.4) is 0 Å². The van der Waals surface area contributed by atoms with Crippen molar-refractivity contribution in [1.82, 2.24) is 0 Å². The summed E-state index contributed by atoms with van der Waals surface area (Å²) in [6.45, 7) is 1.69. The lowest BCUT2D eigenvalue weighted by molar-refractivity contribution is -0.131. The van der Waals surface area contributed by atoms with Gasteiger partial charge in [0.15, 0.2) is 5.22 Å². The van der Waals surface area contributed by atoms with E-state index in [1.165, 1.54) is 0 Å². The summed E-state index contributed by atoms with van der Waals surface area (Å²) in [7, 11) is 0. The molecule has 0 unspecified atom stereocenters. The molecule has 1 aromatic rings. The molecular formula is C10H9ClO3. The molecule has 74 valence electrons. The molecule has 0 aromatic carbocycles. The molecular weight excluding hydrogens is 204 g/mol. The molecule has 0 aliphatic heterocycles. The molecule has 1 heterocycles. The van der Waals surface area contributed by atoms with E-state index in [0.29, 0.717) is 16.6 Å². The van der Waals surface area contributed by atoms with Crippen molar-refractivity contribution in [3.05, 3.63) is 40.8 Å². The summed E-state index contributed by atoms with van der Waals surface area (Å²) in [6.07, 6.45) is 4.41. The van der Waals surface area contributed by atoms with Crippen LogP contribution in [0.15, 0.2) is 34.3 Å². The minimum absolute atomic E-state index is 0.310. The van der Waals surface area contributed by atoms with E-state index in [2.05, 4.69) is 0 Å². The molecule has 1 N–H and O–H groups in total. The van der Waals surface area contributed by atoms with Crippen LogP contribution in [-0.4, -0.2) is 11.1 Å². The first-order valence-corrected chi connectivity index (χ1v) is 4.30. The number of rotatable bonds is 3. The van der Waals surface area contributed by atoms with Gasteiger partial charge in [0.25, 0.3) is 0 Å². The molecule has 0 radical (unpaired) electrons. The minimum Gasteiger partial charge on any atom is -0.478 e. The molecule has 0 spiro atoms. The van der Waals surface area contributed by atoms with Gasteiger partial charge < -0.3 is 9.52 Å². The van der Waals surface area contributed by atoms with Gasteiger partial charge in [0.1, 0.15) is 5.76 Å². The van der Waals surface area contributed by atoms with Gasteiger partial charge in [-0.15, -0.1) is 0 Å². The fraction of sp³-hybridized carbons (Fsp3) is 0.100. The second-order valence-corrected chi connectivity index (χ2v) is 3.07. The number of carboxylic acid groups (broad SMARTS) is 1. The maximum atomic E-state index is 10.3. The fourth-order valence-corrected chi connectivity index (χ4v) is 1.03. The fourth-order valence-electron chi connectivity index (χ4n) is 0.874. The Balaban J connectivity index is 2.69. The van der Waals surface area contributed by atoms with Crippen LogP contribution < -0.4 is 0 Å². The van der Waals surface area contributed by atoms with Gasteiger partial charge in [0.2, 0.25) is 0 Å². The van der Waals surface area contributed by atoms with Crippen molar-refractivity contribution in [3.63, 3.8) is 0 Å². The standard InChI is InChI=1S/C10H9ClO3/c1-7(6-10(12)13)2-3-8-4-5-9(11)14-8/h2-6H,1H3,(H,12,13)/b3-2+,7-6?. The average molecular weight is 213 g/mol. The number of furan rings is 1. The molecule has 3 nitrogen and oxygen atoms in total. The van der Waals surface area contributed by atoms with Crippen molar-refractivity contribution >= 4 is 23.6 Å². The van der Waals surface area contributed by atoms with Crippen LogP contribution in [0.2, 0.25) is 5.22 Å². The van der Waals surface area contributed by atoms with Gasteiger partial charge in [-0.25, -0.2) is 4.79 Å². The molecule has 0 amide bonds. The van der Waals surface area contributed by atoms with Gasteiger partial charge in [-0.1, -0.05) is 6.08 Å². The molecule has 1 aromatic heterocycles. The van der Waals surface area contributed by atoms with E-state index in [4.69, 9.17) is 21.1 Å². The van der Waals surface area contributed by atoms with Crippen LogP contribution in [0.5, 0.6) is 0 Å². The van der Waals surface area contributed by atoms with E-state index in [1.807, 2.05) is 0 Å². The highest BCUT2D eigenvalue weighted by Gasteiger charge is 1.94. The van der Waals surface area contributed by atoms with E-state index >= 15 is 0 Å². The molecule has 0 bridgehead atoms. The van der Waals surface area contributed by atoms with E-state index in [0.717, 1.165) is 6.08 Å². The molecule has 4 heteroatoms. The van der Waals surface area contributed by atoms with Crippen molar-refractivity contribution in [3.8, 4) is 0 Å². The van der Waals surface area contributed by atoms with Crippen LogP contribution in [0.1, 0.15) is 12.7 Å².